The highest BCUT2D eigenvalue weighted by Crippen LogP contribution is 2.43. The molecule has 5 nitrogen and oxygen atoms in total. The zero-order chi connectivity index (χ0) is 24.0. The van der Waals surface area contributed by atoms with E-state index in [9.17, 15) is 4.79 Å². The Morgan fingerprint density at radius 3 is 2.03 bits per heavy atom. The minimum Gasteiger partial charge on any atom is -0.465 e. The quantitative estimate of drug-likeness (QED) is 0.208. The molecular formula is C26H32N2O3SSi. The van der Waals surface area contributed by atoms with Crippen molar-refractivity contribution in [1.82, 2.24) is 4.90 Å². The molecule has 1 unspecified atom stereocenters. The molecule has 0 fully saturated rings. The Morgan fingerprint density at radius 2 is 1.58 bits per heavy atom. The first-order valence-corrected chi connectivity index (χ1v) is 13.3. The van der Waals surface area contributed by atoms with Crippen molar-refractivity contribution in [1.29, 1.82) is 0 Å². The van der Waals surface area contributed by atoms with E-state index >= 15 is 0 Å². The maximum Gasteiger partial charge on any atom is 0.350 e. The number of carbonyl (C=O) groups excluding carboxylic acids is 1. The lowest BCUT2D eigenvalue weighted by Crippen LogP contribution is -2.47. The van der Waals surface area contributed by atoms with Gasteiger partial charge in [0.15, 0.2) is 0 Å². The molecule has 174 valence electrons. The monoisotopic (exact) mass is 480 g/mol. The molecule has 0 aliphatic carbocycles. The van der Waals surface area contributed by atoms with Crippen molar-refractivity contribution in [2.75, 3.05) is 21.2 Å². The normalized spacial score (nSPS) is 12.8. The van der Waals surface area contributed by atoms with Crippen molar-refractivity contribution in [3.05, 3.63) is 76.5 Å². The van der Waals surface area contributed by atoms with Gasteiger partial charge in [-0.25, -0.2) is 9.79 Å². The Labute approximate surface area is 202 Å². The van der Waals surface area contributed by atoms with Crippen LogP contribution in [0.5, 0.6) is 0 Å². The maximum absolute atomic E-state index is 12.5. The van der Waals surface area contributed by atoms with Gasteiger partial charge in [-0.05, 0) is 21.9 Å². The average Bonchev–Trinajstić information content (AvgIpc) is 3.21. The standard InChI is InChI=1S/C26H32N2O3SSi/c1-26(2,3)24(22-17-21(27-18-28(4)5)23(32-22)25(29)30-6)31-33(19-13-9-7-10-14-19)20-15-11-8-12-16-20/h7-18,24,33H,1-6H3. The first-order chi connectivity index (χ1) is 15.7. The van der Waals surface area contributed by atoms with Gasteiger partial charge in [-0.3, -0.25) is 0 Å². The summed E-state index contributed by atoms with van der Waals surface area (Å²) in [6.07, 6.45) is 1.47. The number of nitrogens with zero attached hydrogens (tertiary/aromatic N) is 2. The topological polar surface area (TPSA) is 51.1 Å². The molecule has 1 heterocycles. The number of rotatable bonds is 8. The van der Waals surface area contributed by atoms with Crippen LogP contribution in [0, 0.1) is 5.41 Å². The first-order valence-electron chi connectivity index (χ1n) is 10.9. The predicted octanol–water partition coefficient (Wildman–Crippen LogP) is 4.40. The van der Waals surface area contributed by atoms with Crippen molar-refractivity contribution < 1.29 is 14.0 Å². The largest absolute Gasteiger partial charge is 0.465 e. The Kier molecular flexibility index (Phi) is 8.23. The number of methoxy groups -OCH3 is 1. The van der Waals surface area contributed by atoms with Crippen LogP contribution in [0.2, 0.25) is 0 Å². The molecule has 0 radical (unpaired) electrons. The van der Waals surface area contributed by atoms with E-state index < -0.39 is 9.04 Å². The predicted molar refractivity (Wildman–Crippen MR) is 140 cm³/mol. The SMILES string of the molecule is COC(=O)c1sc(C(O[SiH](c2ccccc2)c2ccccc2)C(C)(C)C)cc1N=CN(C)C. The van der Waals surface area contributed by atoms with Gasteiger partial charge in [0.2, 0.25) is 9.04 Å². The van der Waals surface area contributed by atoms with Crippen LogP contribution in [0.3, 0.4) is 0 Å². The molecule has 0 bridgehead atoms. The maximum atomic E-state index is 12.5. The number of benzene rings is 2. The lowest BCUT2D eigenvalue weighted by atomic mass is 9.88. The summed E-state index contributed by atoms with van der Waals surface area (Å²) in [4.78, 5) is 20.3. The molecule has 0 saturated carbocycles. The second kappa shape index (κ2) is 10.9. The van der Waals surface area contributed by atoms with Crippen LogP contribution in [0.25, 0.3) is 0 Å². The van der Waals surface area contributed by atoms with Gasteiger partial charge < -0.3 is 14.1 Å². The smallest absolute Gasteiger partial charge is 0.350 e. The molecule has 1 aromatic heterocycles. The fraction of sp³-hybridized carbons (Fsp3) is 0.308. The third-order valence-corrected chi connectivity index (χ3v) is 8.72. The molecule has 0 saturated heterocycles. The Bertz CT molecular complexity index is 1040. The summed E-state index contributed by atoms with van der Waals surface area (Å²) < 4.78 is 12.0. The number of aliphatic imine (C=N–C) groups is 1. The highest BCUT2D eigenvalue weighted by Gasteiger charge is 2.34. The second-order valence-corrected chi connectivity index (χ2v) is 12.6. The molecule has 0 aliphatic rings. The molecule has 2 aromatic carbocycles. The third kappa shape index (κ3) is 6.40. The third-order valence-electron chi connectivity index (χ3n) is 5.05. The highest BCUT2D eigenvalue weighted by molar-refractivity contribution is 7.14. The molecule has 1 atom stereocenters. The molecular weight excluding hydrogens is 448 g/mol. The molecule has 0 aliphatic heterocycles. The van der Waals surface area contributed by atoms with Crippen LogP contribution < -0.4 is 10.4 Å². The van der Waals surface area contributed by atoms with Gasteiger partial charge in [0.25, 0.3) is 0 Å². The zero-order valence-corrected chi connectivity index (χ0v) is 22.1. The fourth-order valence-corrected chi connectivity index (χ4v) is 7.55. The van der Waals surface area contributed by atoms with E-state index in [2.05, 4.69) is 74.3 Å². The zero-order valence-electron chi connectivity index (χ0n) is 20.1. The van der Waals surface area contributed by atoms with Crippen molar-refractivity contribution in [3.63, 3.8) is 0 Å². The van der Waals surface area contributed by atoms with E-state index in [0.717, 1.165) is 4.88 Å². The van der Waals surface area contributed by atoms with Crippen LogP contribution in [0.15, 0.2) is 71.7 Å². The molecule has 3 aromatic rings. The van der Waals surface area contributed by atoms with E-state index in [0.29, 0.717) is 10.6 Å². The van der Waals surface area contributed by atoms with Crippen LogP contribution in [0.4, 0.5) is 5.69 Å². The fourth-order valence-electron chi connectivity index (χ4n) is 3.48. The molecule has 33 heavy (non-hydrogen) atoms. The summed E-state index contributed by atoms with van der Waals surface area (Å²) >= 11 is 1.40. The van der Waals surface area contributed by atoms with Crippen molar-refractivity contribution in [2.45, 2.75) is 26.9 Å². The summed E-state index contributed by atoms with van der Waals surface area (Å²) in [6.45, 7) is 6.50. The van der Waals surface area contributed by atoms with E-state index in [1.54, 1.807) is 6.34 Å². The molecule has 0 amide bonds. The van der Waals surface area contributed by atoms with Crippen LogP contribution in [-0.2, 0) is 9.16 Å². The summed E-state index contributed by atoms with van der Waals surface area (Å²) in [7, 11) is 3.18. The first kappa shape index (κ1) is 24.9. The van der Waals surface area contributed by atoms with E-state index in [1.807, 2.05) is 37.2 Å². The lowest BCUT2D eigenvalue weighted by Gasteiger charge is -2.33. The number of esters is 1. The van der Waals surface area contributed by atoms with E-state index in [4.69, 9.17) is 9.16 Å². The minimum atomic E-state index is -2.00. The number of thiophene rings is 1. The number of carbonyl (C=O) groups is 1. The Morgan fingerprint density at radius 1 is 1.03 bits per heavy atom. The highest BCUT2D eigenvalue weighted by atomic mass is 32.1. The van der Waals surface area contributed by atoms with Gasteiger partial charge in [-0.15, -0.1) is 11.3 Å². The minimum absolute atomic E-state index is 0.199. The van der Waals surface area contributed by atoms with Gasteiger partial charge in [0, 0.05) is 19.0 Å². The van der Waals surface area contributed by atoms with Gasteiger partial charge in [-0.1, -0.05) is 81.4 Å². The second-order valence-electron chi connectivity index (χ2n) is 9.15. The van der Waals surface area contributed by atoms with Gasteiger partial charge in [0.05, 0.1) is 25.2 Å². The number of hydrogen-bond donors (Lipinski definition) is 0. The molecule has 0 N–H and O–H groups in total. The summed E-state index contributed by atoms with van der Waals surface area (Å²) in [5, 5.41) is 2.43. The average molecular weight is 481 g/mol. The van der Waals surface area contributed by atoms with Gasteiger partial charge >= 0.3 is 5.97 Å². The van der Waals surface area contributed by atoms with Crippen molar-refractivity contribution in [2.24, 2.45) is 10.4 Å². The lowest BCUT2D eigenvalue weighted by molar-refractivity contribution is 0.0607. The summed E-state index contributed by atoms with van der Waals surface area (Å²) in [5.41, 5.74) is 0.404. The van der Waals surface area contributed by atoms with E-state index in [1.165, 1.54) is 28.8 Å². The summed E-state index contributed by atoms with van der Waals surface area (Å²) in [5.74, 6) is -0.385. The van der Waals surface area contributed by atoms with Crippen LogP contribution >= 0.6 is 11.3 Å². The molecule has 0 spiro atoms. The van der Waals surface area contributed by atoms with E-state index in [-0.39, 0.29) is 17.5 Å². The van der Waals surface area contributed by atoms with Gasteiger partial charge in [-0.2, -0.15) is 0 Å². The van der Waals surface area contributed by atoms with Gasteiger partial charge in [0.1, 0.15) is 4.88 Å². The van der Waals surface area contributed by atoms with Crippen LogP contribution in [0.1, 0.15) is 41.4 Å². The number of hydrogen-bond acceptors (Lipinski definition) is 5. The Hall–Kier alpha value is -2.74. The van der Waals surface area contributed by atoms with Crippen molar-refractivity contribution >= 4 is 48.7 Å². The summed E-state index contributed by atoms with van der Waals surface area (Å²) in [6, 6.07) is 22.8. The molecule has 7 heteroatoms. The van der Waals surface area contributed by atoms with Crippen LogP contribution in [-0.4, -0.2) is 47.5 Å². The number of ether oxygens (including phenoxy) is 1. The van der Waals surface area contributed by atoms with Crippen molar-refractivity contribution in [3.8, 4) is 0 Å². The molecule has 3 rings (SSSR count). The Balaban J connectivity index is 2.08.